The SMILES string of the molecule is CCC(C)CC(C(CC(F)(F)F)C(F)(F)F)C(F)(F)F. The molecule has 0 bridgehead atoms. The zero-order valence-electron chi connectivity index (χ0n) is 10.8. The lowest BCUT2D eigenvalue weighted by atomic mass is 9.81. The molecule has 0 aliphatic carbocycles. The molecule has 0 radical (unpaired) electrons. The van der Waals surface area contributed by atoms with Crippen LogP contribution in [0.4, 0.5) is 39.5 Å². The molecule has 3 atom stereocenters. The van der Waals surface area contributed by atoms with Gasteiger partial charge in [0.25, 0.3) is 0 Å². The van der Waals surface area contributed by atoms with E-state index in [4.69, 9.17) is 0 Å². The topological polar surface area (TPSA) is 0 Å². The van der Waals surface area contributed by atoms with E-state index in [9.17, 15) is 39.5 Å². The fourth-order valence-corrected chi connectivity index (χ4v) is 1.86. The van der Waals surface area contributed by atoms with E-state index in [1.165, 1.54) is 13.8 Å². The third-order valence-corrected chi connectivity index (χ3v) is 3.13. The third kappa shape index (κ3) is 6.69. The number of alkyl halides is 9. The second-order valence-corrected chi connectivity index (χ2v) is 4.86. The van der Waals surface area contributed by atoms with Gasteiger partial charge in [-0.15, -0.1) is 0 Å². The van der Waals surface area contributed by atoms with E-state index >= 15 is 0 Å². The number of hydrogen-bond acceptors (Lipinski definition) is 0. The predicted molar refractivity (Wildman–Crippen MR) is 53.8 cm³/mol. The van der Waals surface area contributed by atoms with E-state index in [0.29, 0.717) is 0 Å². The Morgan fingerprint density at radius 3 is 1.40 bits per heavy atom. The smallest absolute Gasteiger partial charge is 0.171 e. The molecule has 0 saturated heterocycles. The molecule has 0 heterocycles. The Bertz CT molecular complexity index is 286. The van der Waals surface area contributed by atoms with Gasteiger partial charge in [-0.1, -0.05) is 20.3 Å². The highest BCUT2D eigenvalue weighted by Crippen LogP contribution is 2.48. The first kappa shape index (κ1) is 19.4. The molecule has 3 unspecified atom stereocenters. The van der Waals surface area contributed by atoms with Crippen LogP contribution < -0.4 is 0 Å². The van der Waals surface area contributed by atoms with Crippen molar-refractivity contribution in [2.45, 2.75) is 51.6 Å². The van der Waals surface area contributed by atoms with Gasteiger partial charge in [0.2, 0.25) is 0 Å². The normalized spacial score (nSPS) is 18.8. The van der Waals surface area contributed by atoms with Gasteiger partial charge < -0.3 is 0 Å². The Morgan fingerprint density at radius 1 is 0.750 bits per heavy atom. The number of hydrogen-bond donors (Lipinski definition) is 0. The van der Waals surface area contributed by atoms with E-state index in [2.05, 4.69) is 0 Å². The molecule has 0 amide bonds. The summed E-state index contributed by atoms with van der Waals surface area (Å²) in [6.45, 7) is 2.74. The standard InChI is InChI=1S/C11H15F9/c1-3-6(2)4-7(10(15,16)17)8(11(18,19)20)5-9(12,13)14/h6-8H,3-5H2,1-2H3. The average Bonchev–Trinajstić information content (AvgIpc) is 2.18. The molecule has 0 aromatic carbocycles. The molecule has 0 fully saturated rings. The molecule has 0 aliphatic heterocycles. The Morgan fingerprint density at radius 2 is 1.15 bits per heavy atom. The average molecular weight is 318 g/mol. The van der Waals surface area contributed by atoms with Crippen molar-refractivity contribution in [1.29, 1.82) is 0 Å². The molecule has 122 valence electrons. The van der Waals surface area contributed by atoms with E-state index in [1.807, 2.05) is 0 Å². The van der Waals surface area contributed by atoms with Crippen molar-refractivity contribution in [3.05, 3.63) is 0 Å². The van der Waals surface area contributed by atoms with Crippen molar-refractivity contribution >= 4 is 0 Å². The van der Waals surface area contributed by atoms with Gasteiger partial charge in [-0.2, -0.15) is 39.5 Å². The van der Waals surface area contributed by atoms with Crippen LogP contribution >= 0.6 is 0 Å². The van der Waals surface area contributed by atoms with Crippen molar-refractivity contribution in [1.82, 2.24) is 0 Å². The first-order valence-electron chi connectivity index (χ1n) is 5.88. The summed E-state index contributed by atoms with van der Waals surface area (Å²) in [4.78, 5) is 0. The molecule has 0 rings (SSSR count). The Kier molecular flexibility index (Phi) is 6.22. The lowest BCUT2D eigenvalue weighted by Gasteiger charge is -2.32. The van der Waals surface area contributed by atoms with Crippen LogP contribution in [0.15, 0.2) is 0 Å². The summed E-state index contributed by atoms with van der Waals surface area (Å²) in [7, 11) is 0. The first-order chi connectivity index (χ1) is 8.68. The van der Waals surface area contributed by atoms with Crippen LogP contribution in [0.5, 0.6) is 0 Å². The van der Waals surface area contributed by atoms with Gasteiger partial charge in [0.15, 0.2) is 0 Å². The van der Waals surface area contributed by atoms with Crippen molar-refractivity contribution in [3.63, 3.8) is 0 Å². The van der Waals surface area contributed by atoms with Crippen LogP contribution in [0.3, 0.4) is 0 Å². The van der Waals surface area contributed by atoms with Gasteiger partial charge in [0.1, 0.15) is 0 Å². The molecule has 0 aromatic heterocycles. The Labute approximate surface area is 110 Å². The van der Waals surface area contributed by atoms with Crippen LogP contribution in [0, 0.1) is 17.8 Å². The van der Waals surface area contributed by atoms with Crippen LogP contribution in [0.1, 0.15) is 33.1 Å². The van der Waals surface area contributed by atoms with Crippen molar-refractivity contribution < 1.29 is 39.5 Å². The zero-order valence-corrected chi connectivity index (χ0v) is 10.8. The highest BCUT2D eigenvalue weighted by atomic mass is 19.4. The minimum absolute atomic E-state index is 0.156. The molecule has 9 heteroatoms. The molecule has 0 saturated carbocycles. The zero-order chi connectivity index (χ0) is 16.4. The molecule has 0 aromatic rings. The maximum absolute atomic E-state index is 12.7. The van der Waals surface area contributed by atoms with Crippen molar-refractivity contribution in [2.24, 2.45) is 17.8 Å². The van der Waals surface area contributed by atoms with Gasteiger partial charge in [-0.3, -0.25) is 0 Å². The maximum Gasteiger partial charge on any atom is 0.392 e. The Hall–Kier alpha value is -0.630. The van der Waals surface area contributed by atoms with Crippen LogP contribution in [0.25, 0.3) is 0 Å². The van der Waals surface area contributed by atoms with E-state index in [0.717, 1.165) is 0 Å². The van der Waals surface area contributed by atoms with Crippen LogP contribution in [0.2, 0.25) is 0 Å². The summed E-state index contributed by atoms with van der Waals surface area (Å²) in [5, 5.41) is 0. The Balaban J connectivity index is 5.42. The maximum atomic E-state index is 12.7. The van der Waals surface area contributed by atoms with Gasteiger partial charge in [-0.05, 0) is 12.3 Å². The van der Waals surface area contributed by atoms with Crippen LogP contribution in [-0.4, -0.2) is 18.5 Å². The molecule has 0 aliphatic rings. The quantitative estimate of drug-likeness (QED) is 0.568. The summed E-state index contributed by atoms with van der Waals surface area (Å²) < 4.78 is 112. The minimum Gasteiger partial charge on any atom is -0.171 e. The largest absolute Gasteiger partial charge is 0.392 e. The summed E-state index contributed by atoms with van der Waals surface area (Å²) in [6.07, 6.45) is -19.5. The van der Waals surface area contributed by atoms with Gasteiger partial charge in [0, 0.05) is 0 Å². The molecular weight excluding hydrogens is 303 g/mol. The summed E-state index contributed by atoms with van der Waals surface area (Å²) in [5.41, 5.74) is 0. The second kappa shape index (κ2) is 6.43. The lowest BCUT2D eigenvalue weighted by Crippen LogP contribution is -2.42. The molecule has 0 spiro atoms. The van der Waals surface area contributed by atoms with Gasteiger partial charge in [-0.25, -0.2) is 0 Å². The monoisotopic (exact) mass is 318 g/mol. The van der Waals surface area contributed by atoms with Gasteiger partial charge in [0.05, 0.1) is 18.3 Å². The fourth-order valence-electron chi connectivity index (χ4n) is 1.86. The van der Waals surface area contributed by atoms with Crippen LogP contribution in [-0.2, 0) is 0 Å². The lowest BCUT2D eigenvalue weighted by molar-refractivity contribution is -0.279. The highest BCUT2D eigenvalue weighted by Gasteiger charge is 2.57. The summed E-state index contributed by atoms with van der Waals surface area (Å²) in [5.74, 6) is -7.25. The fraction of sp³-hybridized carbons (Fsp3) is 1.00. The summed E-state index contributed by atoms with van der Waals surface area (Å²) >= 11 is 0. The predicted octanol–water partition coefficient (Wildman–Crippen LogP) is 5.73. The molecule has 20 heavy (non-hydrogen) atoms. The number of rotatable bonds is 5. The third-order valence-electron chi connectivity index (χ3n) is 3.13. The van der Waals surface area contributed by atoms with Crippen molar-refractivity contribution in [3.8, 4) is 0 Å². The van der Waals surface area contributed by atoms with E-state index in [-0.39, 0.29) is 6.42 Å². The van der Waals surface area contributed by atoms with Crippen molar-refractivity contribution in [2.75, 3.05) is 0 Å². The number of halogens is 9. The van der Waals surface area contributed by atoms with Gasteiger partial charge >= 0.3 is 18.5 Å². The summed E-state index contributed by atoms with van der Waals surface area (Å²) in [6, 6.07) is 0. The first-order valence-corrected chi connectivity index (χ1v) is 5.88. The molecular formula is C11H15F9. The highest BCUT2D eigenvalue weighted by molar-refractivity contribution is 4.84. The minimum atomic E-state index is -5.55. The second-order valence-electron chi connectivity index (χ2n) is 4.86. The van der Waals surface area contributed by atoms with E-state index in [1.54, 1.807) is 0 Å². The molecule has 0 nitrogen and oxygen atoms in total. The molecule has 0 N–H and O–H groups in total. The van der Waals surface area contributed by atoms with E-state index < -0.39 is 49.1 Å².